The fraction of sp³-hybridized carbons (Fsp3) is 0.176. The van der Waals surface area contributed by atoms with E-state index in [1.54, 1.807) is 6.20 Å². The number of aromatic amines is 1. The average molecular weight is 279 g/mol. The zero-order valence-corrected chi connectivity index (χ0v) is 12.3. The third-order valence-electron chi connectivity index (χ3n) is 3.58. The van der Waals surface area contributed by atoms with Crippen molar-refractivity contribution >= 4 is 22.1 Å². The van der Waals surface area contributed by atoms with Crippen LogP contribution >= 0.6 is 0 Å². The van der Waals surface area contributed by atoms with E-state index in [2.05, 4.69) is 15.3 Å². The summed E-state index contributed by atoms with van der Waals surface area (Å²) < 4.78 is 0. The van der Waals surface area contributed by atoms with Crippen molar-refractivity contribution in [3.05, 3.63) is 63.8 Å². The van der Waals surface area contributed by atoms with E-state index in [1.165, 1.54) is 0 Å². The summed E-state index contributed by atoms with van der Waals surface area (Å²) in [7, 11) is 0. The lowest BCUT2D eigenvalue weighted by Crippen LogP contribution is -2.06. The van der Waals surface area contributed by atoms with Crippen LogP contribution in [0.15, 0.2) is 41.3 Å². The van der Waals surface area contributed by atoms with Crippen LogP contribution in [0.25, 0.3) is 10.8 Å². The van der Waals surface area contributed by atoms with Crippen LogP contribution in [0.4, 0.5) is 11.4 Å². The summed E-state index contributed by atoms with van der Waals surface area (Å²) in [5, 5.41) is 5.09. The van der Waals surface area contributed by atoms with Crippen LogP contribution in [0, 0.1) is 20.8 Å². The van der Waals surface area contributed by atoms with Gasteiger partial charge in [0, 0.05) is 34.3 Å². The first-order valence-electron chi connectivity index (χ1n) is 6.88. The fourth-order valence-corrected chi connectivity index (χ4v) is 2.62. The lowest BCUT2D eigenvalue weighted by molar-refractivity contribution is 1.12. The topological polar surface area (TPSA) is 57.8 Å². The van der Waals surface area contributed by atoms with Gasteiger partial charge in [0.2, 0.25) is 0 Å². The Labute approximate surface area is 122 Å². The molecule has 2 aromatic heterocycles. The molecule has 21 heavy (non-hydrogen) atoms. The maximum atomic E-state index is 11.8. The van der Waals surface area contributed by atoms with Crippen LogP contribution in [0.2, 0.25) is 0 Å². The number of nitrogens with one attached hydrogen (secondary N) is 2. The van der Waals surface area contributed by atoms with Gasteiger partial charge in [-0.25, -0.2) is 0 Å². The number of benzene rings is 1. The van der Waals surface area contributed by atoms with E-state index in [9.17, 15) is 4.79 Å². The summed E-state index contributed by atoms with van der Waals surface area (Å²) in [5.74, 6) is 0. The largest absolute Gasteiger partial charge is 0.355 e. The lowest BCUT2D eigenvalue weighted by Gasteiger charge is -2.12. The SMILES string of the molecule is Cc1cc(Nc2ccc3c(=O)[nH]ccc3c2C)cc(C)n1. The number of H-pyrrole nitrogens is 1. The average Bonchev–Trinajstić information content (AvgIpc) is 2.41. The van der Waals surface area contributed by atoms with E-state index in [0.717, 1.165) is 33.7 Å². The second-order valence-corrected chi connectivity index (χ2v) is 5.27. The van der Waals surface area contributed by atoms with Gasteiger partial charge in [-0.05, 0) is 62.1 Å². The van der Waals surface area contributed by atoms with Gasteiger partial charge in [-0.3, -0.25) is 9.78 Å². The molecule has 4 nitrogen and oxygen atoms in total. The molecule has 0 radical (unpaired) electrons. The maximum Gasteiger partial charge on any atom is 0.255 e. The number of aromatic nitrogens is 2. The third kappa shape index (κ3) is 2.52. The van der Waals surface area contributed by atoms with Gasteiger partial charge in [-0.15, -0.1) is 0 Å². The molecule has 0 amide bonds. The van der Waals surface area contributed by atoms with E-state index in [-0.39, 0.29) is 5.56 Å². The molecule has 2 N–H and O–H groups in total. The molecule has 3 rings (SSSR count). The zero-order valence-electron chi connectivity index (χ0n) is 12.3. The zero-order chi connectivity index (χ0) is 15.0. The van der Waals surface area contributed by atoms with Crippen LogP contribution in [-0.2, 0) is 0 Å². The highest BCUT2D eigenvalue weighted by Crippen LogP contribution is 2.26. The minimum atomic E-state index is -0.0576. The first kappa shape index (κ1) is 13.4. The molecule has 0 bridgehead atoms. The van der Waals surface area contributed by atoms with Gasteiger partial charge in [-0.2, -0.15) is 0 Å². The number of rotatable bonds is 2. The highest BCUT2D eigenvalue weighted by molar-refractivity contribution is 5.89. The van der Waals surface area contributed by atoms with Crippen molar-refractivity contribution in [2.75, 3.05) is 5.32 Å². The molecule has 0 aliphatic carbocycles. The predicted molar refractivity (Wildman–Crippen MR) is 86.3 cm³/mol. The molecule has 0 spiro atoms. The summed E-state index contributed by atoms with van der Waals surface area (Å²) in [4.78, 5) is 18.9. The number of pyridine rings is 2. The molecule has 0 fully saturated rings. The molecule has 106 valence electrons. The van der Waals surface area contributed by atoms with E-state index in [4.69, 9.17) is 0 Å². The molecule has 0 aliphatic heterocycles. The Morgan fingerprint density at radius 3 is 2.43 bits per heavy atom. The normalized spacial score (nSPS) is 10.8. The number of aryl methyl sites for hydroxylation is 3. The quantitative estimate of drug-likeness (QED) is 0.753. The standard InChI is InChI=1S/C17H17N3O/c1-10-8-13(9-11(2)19-10)20-16-5-4-15-14(12(16)3)6-7-18-17(15)21/h4-9H,1-3H3,(H,18,21)(H,19,20). The van der Waals surface area contributed by atoms with Gasteiger partial charge in [0.15, 0.2) is 0 Å². The van der Waals surface area contributed by atoms with Crippen molar-refractivity contribution in [3.63, 3.8) is 0 Å². The van der Waals surface area contributed by atoms with Gasteiger partial charge in [0.25, 0.3) is 5.56 Å². The van der Waals surface area contributed by atoms with Gasteiger partial charge in [0.1, 0.15) is 0 Å². The van der Waals surface area contributed by atoms with Crippen molar-refractivity contribution < 1.29 is 0 Å². The van der Waals surface area contributed by atoms with E-state index >= 15 is 0 Å². The first-order chi connectivity index (χ1) is 10.0. The molecule has 0 unspecified atom stereocenters. The molecule has 0 atom stereocenters. The molecular formula is C17H17N3O. The second kappa shape index (κ2) is 5.05. The highest BCUT2D eigenvalue weighted by Gasteiger charge is 2.06. The minimum Gasteiger partial charge on any atom is -0.355 e. The Morgan fingerprint density at radius 2 is 1.71 bits per heavy atom. The smallest absolute Gasteiger partial charge is 0.255 e. The molecule has 2 heterocycles. The summed E-state index contributed by atoms with van der Waals surface area (Å²) in [6.45, 7) is 5.97. The maximum absolute atomic E-state index is 11.8. The molecule has 1 aromatic carbocycles. The van der Waals surface area contributed by atoms with Crippen molar-refractivity contribution in [3.8, 4) is 0 Å². The molecule has 0 saturated heterocycles. The fourth-order valence-electron chi connectivity index (χ4n) is 2.62. The van der Waals surface area contributed by atoms with E-state index in [1.807, 2.05) is 51.1 Å². The van der Waals surface area contributed by atoms with Gasteiger partial charge in [-0.1, -0.05) is 0 Å². The molecule has 0 aliphatic rings. The van der Waals surface area contributed by atoms with Crippen LogP contribution in [-0.4, -0.2) is 9.97 Å². The van der Waals surface area contributed by atoms with Crippen molar-refractivity contribution in [1.82, 2.24) is 9.97 Å². The second-order valence-electron chi connectivity index (χ2n) is 5.27. The van der Waals surface area contributed by atoms with Crippen molar-refractivity contribution in [1.29, 1.82) is 0 Å². The summed E-state index contributed by atoms with van der Waals surface area (Å²) in [6, 6.07) is 9.74. The molecule has 0 saturated carbocycles. The molecule has 3 aromatic rings. The van der Waals surface area contributed by atoms with E-state index < -0.39 is 0 Å². The van der Waals surface area contributed by atoms with E-state index in [0.29, 0.717) is 5.39 Å². The van der Waals surface area contributed by atoms with Crippen molar-refractivity contribution in [2.24, 2.45) is 0 Å². The molecular weight excluding hydrogens is 262 g/mol. The predicted octanol–water partition coefficient (Wildman–Crippen LogP) is 3.59. The Bertz CT molecular complexity index is 861. The summed E-state index contributed by atoms with van der Waals surface area (Å²) in [5.41, 5.74) is 4.97. The third-order valence-corrected chi connectivity index (χ3v) is 3.58. The minimum absolute atomic E-state index is 0.0576. The Balaban J connectivity index is 2.09. The summed E-state index contributed by atoms with van der Waals surface area (Å²) >= 11 is 0. The van der Waals surface area contributed by atoms with Gasteiger partial charge < -0.3 is 10.3 Å². The summed E-state index contributed by atoms with van der Waals surface area (Å²) in [6.07, 6.45) is 1.68. The Morgan fingerprint density at radius 1 is 1.00 bits per heavy atom. The van der Waals surface area contributed by atoms with Crippen LogP contribution in [0.5, 0.6) is 0 Å². The van der Waals surface area contributed by atoms with Crippen molar-refractivity contribution in [2.45, 2.75) is 20.8 Å². The lowest BCUT2D eigenvalue weighted by atomic mass is 10.1. The highest BCUT2D eigenvalue weighted by atomic mass is 16.1. The number of nitrogens with zero attached hydrogens (tertiary/aromatic N) is 1. The number of fused-ring (bicyclic) bond motifs is 1. The number of hydrogen-bond acceptors (Lipinski definition) is 3. The first-order valence-corrected chi connectivity index (χ1v) is 6.88. The monoisotopic (exact) mass is 279 g/mol. The Kier molecular flexibility index (Phi) is 3.22. The molecule has 4 heteroatoms. The Hall–Kier alpha value is -2.62. The van der Waals surface area contributed by atoms with Crippen LogP contribution in [0.3, 0.4) is 0 Å². The van der Waals surface area contributed by atoms with Crippen LogP contribution in [0.1, 0.15) is 17.0 Å². The number of hydrogen-bond donors (Lipinski definition) is 2. The van der Waals surface area contributed by atoms with Gasteiger partial charge in [0.05, 0.1) is 0 Å². The number of anilines is 2. The van der Waals surface area contributed by atoms with Gasteiger partial charge >= 0.3 is 0 Å². The van der Waals surface area contributed by atoms with Crippen LogP contribution < -0.4 is 10.9 Å².